The largest absolute Gasteiger partial charge is 0.392 e. The molecule has 0 saturated carbocycles. The number of hydrogen-bond donors (Lipinski definition) is 2. The van der Waals surface area contributed by atoms with Gasteiger partial charge in [-0.15, -0.1) is 11.3 Å². The minimum Gasteiger partial charge on any atom is -0.392 e. The van der Waals surface area contributed by atoms with Crippen LogP contribution in [0.3, 0.4) is 0 Å². The number of likely N-dealkylation sites (N-methyl/N-ethyl adjacent to an activating group) is 1. The fraction of sp³-hybridized carbons (Fsp3) is 0.636. The fourth-order valence-corrected chi connectivity index (χ4v) is 2.12. The molecule has 0 aliphatic carbocycles. The molecule has 2 N–H and O–H groups in total. The second-order valence-corrected chi connectivity index (χ2v) is 5.24. The normalized spacial score (nSPS) is 12.1. The third-order valence-corrected chi connectivity index (χ3v) is 3.28. The Morgan fingerprint density at radius 1 is 1.56 bits per heavy atom. The van der Waals surface area contributed by atoms with Crippen molar-refractivity contribution < 1.29 is 9.90 Å². The summed E-state index contributed by atoms with van der Waals surface area (Å²) in [6.07, 6.45) is -0.527. The second kappa shape index (κ2) is 6.55. The Bertz CT molecular complexity index is 392. The molecule has 0 aliphatic rings. The van der Waals surface area contributed by atoms with Gasteiger partial charge in [0, 0.05) is 33.1 Å². The van der Waals surface area contributed by atoms with Gasteiger partial charge >= 0.3 is 6.03 Å². The zero-order chi connectivity index (χ0) is 13.7. The van der Waals surface area contributed by atoms with E-state index in [-0.39, 0.29) is 6.03 Å². The number of anilines is 1. The maximum atomic E-state index is 11.7. The van der Waals surface area contributed by atoms with Crippen LogP contribution >= 0.6 is 11.3 Å². The summed E-state index contributed by atoms with van der Waals surface area (Å²) in [5.41, 5.74) is 0.836. The average molecular weight is 272 g/mol. The molecule has 1 heterocycles. The number of carbonyl (C=O) groups excluding carboxylic acids is 1. The van der Waals surface area contributed by atoms with Crippen molar-refractivity contribution in [2.24, 2.45) is 0 Å². The molecule has 1 atom stereocenters. The molecule has 0 spiro atoms. The first-order valence-electron chi connectivity index (χ1n) is 5.69. The highest BCUT2D eigenvalue weighted by Gasteiger charge is 2.11. The summed E-state index contributed by atoms with van der Waals surface area (Å²) in [7, 11) is 5.50. The van der Waals surface area contributed by atoms with Gasteiger partial charge in [0.15, 0.2) is 5.13 Å². The zero-order valence-electron chi connectivity index (χ0n) is 11.2. The number of hydrogen-bond acceptors (Lipinski definition) is 5. The standard InChI is InChI=1S/C11H20N4O2S/c1-8(16)6-15(4)10(17)12-5-9-7-18-11(13-9)14(2)3/h7-8,16H,5-6H2,1-4H3,(H,12,17). The highest BCUT2D eigenvalue weighted by atomic mass is 32.1. The number of nitrogens with zero attached hydrogens (tertiary/aromatic N) is 3. The molecule has 0 saturated heterocycles. The predicted molar refractivity (Wildman–Crippen MR) is 73.0 cm³/mol. The molecule has 0 fully saturated rings. The van der Waals surface area contributed by atoms with Gasteiger partial charge in [-0.3, -0.25) is 0 Å². The van der Waals surface area contributed by atoms with Crippen molar-refractivity contribution in [3.63, 3.8) is 0 Å². The number of amides is 2. The van der Waals surface area contributed by atoms with Gasteiger partial charge in [0.25, 0.3) is 0 Å². The van der Waals surface area contributed by atoms with Crippen molar-refractivity contribution in [3.05, 3.63) is 11.1 Å². The lowest BCUT2D eigenvalue weighted by molar-refractivity contribution is 0.143. The Morgan fingerprint density at radius 3 is 2.72 bits per heavy atom. The summed E-state index contributed by atoms with van der Waals surface area (Å²) in [6, 6.07) is -0.213. The number of urea groups is 1. The number of carbonyl (C=O) groups is 1. The van der Waals surface area contributed by atoms with Gasteiger partial charge < -0.3 is 20.2 Å². The van der Waals surface area contributed by atoms with Crippen LogP contribution < -0.4 is 10.2 Å². The minimum absolute atomic E-state index is 0.213. The van der Waals surface area contributed by atoms with Crippen LogP contribution in [0.4, 0.5) is 9.93 Å². The van der Waals surface area contributed by atoms with E-state index in [1.54, 1.807) is 14.0 Å². The van der Waals surface area contributed by atoms with E-state index in [9.17, 15) is 9.90 Å². The SMILES string of the molecule is CC(O)CN(C)C(=O)NCc1csc(N(C)C)n1. The molecule has 102 valence electrons. The Kier molecular flexibility index (Phi) is 5.36. The van der Waals surface area contributed by atoms with Crippen molar-refractivity contribution in [2.45, 2.75) is 19.6 Å². The number of rotatable bonds is 5. The summed E-state index contributed by atoms with van der Waals surface area (Å²) in [4.78, 5) is 19.4. The average Bonchev–Trinajstić information content (AvgIpc) is 2.73. The van der Waals surface area contributed by atoms with Crippen LogP contribution in [0.25, 0.3) is 0 Å². The summed E-state index contributed by atoms with van der Waals surface area (Å²) in [6.45, 7) is 2.35. The Labute approximate surface area is 111 Å². The summed E-state index contributed by atoms with van der Waals surface area (Å²) >= 11 is 1.54. The van der Waals surface area contributed by atoms with Crippen LogP contribution in [0.15, 0.2) is 5.38 Å². The Hall–Kier alpha value is -1.34. The molecular weight excluding hydrogens is 252 g/mol. The second-order valence-electron chi connectivity index (χ2n) is 4.40. The van der Waals surface area contributed by atoms with Crippen LogP contribution in [0.5, 0.6) is 0 Å². The Morgan fingerprint density at radius 2 is 2.22 bits per heavy atom. The highest BCUT2D eigenvalue weighted by molar-refractivity contribution is 7.13. The van der Waals surface area contributed by atoms with Crippen molar-refractivity contribution in [1.82, 2.24) is 15.2 Å². The first-order chi connectivity index (χ1) is 8.40. The minimum atomic E-state index is -0.527. The molecule has 1 rings (SSSR count). The lowest BCUT2D eigenvalue weighted by Crippen LogP contribution is -2.40. The number of aliphatic hydroxyl groups excluding tert-OH is 1. The lowest BCUT2D eigenvalue weighted by atomic mass is 10.4. The van der Waals surface area contributed by atoms with Crippen molar-refractivity contribution in [3.8, 4) is 0 Å². The van der Waals surface area contributed by atoms with E-state index in [4.69, 9.17) is 0 Å². The number of thiazole rings is 1. The number of aromatic nitrogens is 1. The number of nitrogens with one attached hydrogen (secondary N) is 1. The third kappa shape index (κ3) is 4.50. The predicted octanol–water partition coefficient (Wildman–Crippen LogP) is 0.731. The summed E-state index contributed by atoms with van der Waals surface area (Å²) < 4.78 is 0. The molecule has 0 radical (unpaired) electrons. The van der Waals surface area contributed by atoms with Crippen molar-refractivity contribution in [1.29, 1.82) is 0 Å². The van der Waals surface area contributed by atoms with E-state index in [0.29, 0.717) is 13.1 Å². The fourth-order valence-electron chi connectivity index (χ4n) is 1.36. The van der Waals surface area contributed by atoms with Gasteiger partial charge in [-0.1, -0.05) is 0 Å². The lowest BCUT2D eigenvalue weighted by Gasteiger charge is -2.18. The summed E-state index contributed by atoms with van der Waals surface area (Å²) in [5, 5.41) is 14.8. The monoisotopic (exact) mass is 272 g/mol. The van der Waals surface area contributed by atoms with Crippen LogP contribution in [0.1, 0.15) is 12.6 Å². The molecule has 2 amide bonds. The van der Waals surface area contributed by atoms with E-state index in [1.165, 1.54) is 16.2 Å². The van der Waals surface area contributed by atoms with Gasteiger partial charge in [-0.25, -0.2) is 9.78 Å². The first kappa shape index (κ1) is 14.7. The van der Waals surface area contributed by atoms with E-state index < -0.39 is 6.10 Å². The van der Waals surface area contributed by atoms with Crippen LogP contribution in [0.2, 0.25) is 0 Å². The van der Waals surface area contributed by atoms with Gasteiger partial charge in [0.05, 0.1) is 18.3 Å². The topological polar surface area (TPSA) is 68.7 Å². The maximum Gasteiger partial charge on any atom is 0.317 e. The van der Waals surface area contributed by atoms with Crippen LogP contribution in [-0.4, -0.2) is 54.8 Å². The number of aliphatic hydroxyl groups is 1. The molecule has 6 nitrogen and oxygen atoms in total. The van der Waals surface area contributed by atoms with Gasteiger partial charge in [-0.05, 0) is 6.92 Å². The van der Waals surface area contributed by atoms with Gasteiger partial charge in [-0.2, -0.15) is 0 Å². The van der Waals surface area contributed by atoms with Crippen LogP contribution in [0, 0.1) is 0 Å². The van der Waals surface area contributed by atoms with Gasteiger partial charge in [0.2, 0.25) is 0 Å². The highest BCUT2D eigenvalue weighted by Crippen LogP contribution is 2.17. The quantitative estimate of drug-likeness (QED) is 0.829. The zero-order valence-corrected chi connectivity index (χ0v) is 12.0. The first-order valence-corrected chi connectivity index (χ1v) is 6.57. The van der Waals surface area contributed by atoms with Crippen molar-refractivity contribution in [2.75, 3.05) is 32.6 Å². The van der Waals surface area contributed by atoms with E-state index in [2.05, 4.69) is 10.3 Å². The summed E-state index contributed by atoms with van der Waals surface area (Å²) in [5.74, 6) is 0. The molecule has 1 aromatic rings. The molecular formula is C11H20N4O2S. The van der Waals surface area contributed by atoms with Crippen molar-refractivity contribution >= 4 is 22.5 Å². The molecule has 1 aromatic heterocycles. The van der Waals surface area contributed by atoms with Gasteiger partial charge in [0.1, 0.15) is 0 Å². The maximum absolute atomic E-state index is 11.7. The molecule has 0 aromatic carbocycles. The molecule has 0 bridgehead atoms. The molecule has 7 heteroatoms. The van der Waals surface area contributed by atoms with E-state index in [0.717, 1.165) is 10.8 Å². The van der Waals surface area contributed by atoms with Crippen LogP contribution in [-0.2, 0) is 6.54 Å². The van der Waals surface area contributed by atoms with E-state index >= 15 is 0 Å². The van der Waals surface area contributed by atoms with E-state index in [1.807, 2.05) is 24.4 Å². The molecule has 0 aliphatic heterocycles. The molecule has 18 heavy (non-hydrogen) atoms. The third-order valence-electron chi connectivity index (χ3n) is 2.23. The smallest absolute Gasteiger partial charge is 0.317 e. The molecule has 1 unspecified atom stereocenters. The Balaban J connectivity index is 2.42.